The summed E-state index contributed by atoms with van der Waals surface area (Å²) in [7, 11) is 0. The van der Waals surface area contributed by atoms with Crippen molar-refractivity contribution in [2.24, 2.45) is 5.92 Å². The van der Waals surface area contributed by atoms with Crippen LogP contribution in [0.5, 0.6) is 0 Å². The largest absolute Gasteiger partial charge is 0.346 e. The van der Waals surface area contributed by atoms with Crippen LogP contribution in [0.3, 0.4) is 0 Å². The summed E-state index contributed by atoms with van der Waals surface area (Å²) in [4.78, 5) is 11.7. The van der Waals surface area contributed by atoms with Crippen molar-refractivity contribution in [3.8, 4) is 0 Å². The number of amides is 1. The Morgan fingerprint density at radius 1 is 1.44 bits per heavy atom. The molecule has 1 aromatic rings. The maximum Gasteiger partial charge on any atom is 0.293 e. The number of tetrazole rings is 1. The second-order valence-electron chi connectivity index (χ2n) is 4.40. The van der Waals surface area contributed by atoms with E-state index >= 15 is 0 Å². The standard InChI is InChI=1S/C10H17N5O/c1-7(8-5-3-2-4-6-8)11-10(16)9-12-14-15-13-9/h7-8H,2-6H2,1H3,(H,11,16)(H,12,13,14,15). The minimum atomic E-state index is -0.244. The van der Waals surface area contributed by atoms with Gasteiger partial charge in [-0.1, -0.05) is 19.3 Å². The molecule has 6 nitrogen and oxygen atoms in total. The van der Waals surface area contributed by atoms with Gasteiger partial charge in [0.25, 0.3) is 11.7 Å². The fourth-order valence-corrected chi connectivity index (χ4v) is 2.28. The van der Waals surface area contributed by atoms with Crippen molar-refractivity contribution in [2.75, 3.05) is 0 Å². The van der Waals surface area contributed by atoms with Crippen LogP contribution in [0.1, 0.15) is 49.6 Å². The predicted molar refractivity (Wildman–Crippen MR) is 57.7 cm³/mol. The van der Waals surface area contributed by atoms with Crippen molar-refractivity contribution >= 4 is 5.91 Å². The van der Waals surface area contributed by atoms with E-state index in [2.05, 4.69) is 25.9 Å². The van der Waals surface area contributed by atoms with Crippen LogP contribution < -0.4 is 5.32 Å². The third-order valence-corrected chi connectivity index (χ3v) is 3.26. The number of hydrogen-bond acceptors (Lipinski definition) is 4. The molecule has 6 heteroatoms. The quantitative estimate of drug-likeness (QED) is 0.797. The molecule has 1 fully saturated rings. The predicted octanol–water partition coefficient (Wildman–Crippen LogP) is 0.898. The maximum atomic E-state index is 11.7. The zero-order chi connectivity index (χ0) is 11.4. The monoisotopic (exact) mass is 223 g/mol. The molecule has 0 saturated heterocycles. The van der Waals surface area contributed by atoms with Gasteiger partial charge in [0.2, 0.25) is 0 Å². The van der Waals surface area contributed by atoms with Crippen LogP contribution in [0.2, 0.25) is 0 Å². The lowest BCUT2D eigenvalue weighted by Gasteiger charge is -2.27. The Kier molecular flexibility index (Phi) is 3.48. The van der Waals surface area contributed by atoms with Gasteiger partial charge in [0, 0.05) is 6.04 Å². The molecule has 0 spiro atoms. The van der Waals surface area contributed by atoms with E-state index in [0.29, 0.717) is 5.92 Å². The SMILES string of the molecule is CC(NC(=O)c1nn[nH]n1)C1CCCCC1. The molecule has 0 bridgehead atoms. The van der Waals surface area contributed by atoms with Gasteiger partial charge in [-0.2, -0.15) is 5.21 Å². The van der Waals surface area contributed by atoms with E-state index in [-0.39, 0.29) is 17.8 Å². The van der Waals surface area contributed by atoms with Crippen LogP contribution in [-0.2, 0) is 0 Å². The van der Waals surface area contributed by atoms with Gasteiger partial charge in [-0.25, -0.2) is 0 Å². The molecule has 1 aromatic heterocycles. The molecule has 1 aliphatic rings. The fourth-order valence-electron chi connectivity index (χ4n) is 2.28. The molecular weight excluding hydrogens is 206 g/mol. The molecule has 88 valence electrons. The average Bonchev–Trinajstić information content (AvgIpc) is 2.83. The average molecular weight is 223 g/mol. The van der Waals surface area contributed by atoms with Crippen LogP contribution >= 0.6 is 0 Å². The number of hydrogen-bond donors (Lipinski definition) is 2. The van der Waals surface area contributed by atoms with Gasteiger partial charge in [-0.05, 0) is 30.9 Å². The Hall–Kier alpha value is -1.46. The van der Waals surface area contributed by atoms with Crippen molar-refractivity contribution < 1.29 is 4.79 Å². The topological polar surface area (TPSA) is 83.6 Å². The lowest BCUT2D eigenvalue weighted by Crippen LogP contribution is -2.39. The van der Waals surface area contributed by atoms with Gasteiger partial charge in [-0.15, -0.1) is 10.2 Å². The Balaban J connectivity index is 1.86. The molecular formula is C10H17N5O. The zero-order valence-corrected chi connectivity index (χ0v) is 9.44. The smallest absolute Gasteiger partial charge is 0.293 e. The summed E-state index contributed by atoms with van der Waals surface area (Å²) >= 11 is 0. The summed E-state index contributed by atoms with van der Waals surface area (Å²) in [5.41, 5.74) is 0. The molecule has 16 heavy (non-hydrogen) atoms. The van der Waals surface area contributed by atoms with Crippen molar-refractivity contribution in [2.45, 2.75) is 45.1 Å². The van der Waals surface area contributed by atoms with Crippen LogP contribution in [0.15, 0.2) is 0 Å². The third-order valence-electron chi connectivity index (χ3n) is 3.26. The minimum absolute atomic E-state index is 0.114. The van der Waals surface area contributed by atoms with Crippen LogP contribution in [-0.4, -0.2) is 32.6 Å². The van der Waals surface area contributed by atoms with Crippen molar-refractivity contribution in [1.29, 1.82) is 0 Å². The number of rotatable bonds is 3. The van der Waals surface area contributed by atoms with Gasteiger partial charge < -0.3 is 5.32 Å². The first-order chi connectivity index (χ1) is 7.77. The van der Waals surface area contributed by atoms with Gasteiger partial charge in [-0.3, -0.25) is 4.79 Å². The number of nitrogens with one attached hydrogen (secondary N) is 2. The van der Waals surface area contributed by atoms with Crippen LogP contribution in [0.4, 0.5) is 0 Å². The first kappa shape index (κ1) is 11.0. The van der Waals surface area contributed by atoms with E-state index in [1.807, 2.05) is 6.92 Å². The molecule has 0 radical (unpaired) electrons. The summed E-state index contributed by atoms with van der Waals surface area (Å²) in [6.45, 7) is 2.05. The van der Waals surface area contributed by atoms with Gasteiger partial charge in [0.1, 0.15) is 0 Å². The Bertz CT molecular complexity index is 331. The van der Waals surface area contributed by atoms with Crippen molar-refractivity contribution in [1.82, 2.24) is 25.9 Å². The summed E-state index contributed by atoms with van der Waals surface area (Å²) < 4.78 is 0. The second kappa shape index (κ2) is 5.05. The number of H-pyrrole nitrogens is 1. The second-order valence-corrected chi connectivity index (χ2v) is 4.40. The Morgan fingerprint density at radius 3 is 2.81 bits per heavy atom. The minimum Gasteiger partial charge on any atom is -0.346 e. The highest BCUT2D eigenvalue weighted by atomic mass is 16.2. The summed E-state index contributed by atoms with van der Waals surface area (Å²) in [5.74, 6) is 0.457. The highest BCUT2D eigenvalue weighted by Gasteiger charge is 2.22. The molecule has 1 atom stereocenters. The van der Waals surface area contributed by atoms with E-state index in [0.717, 1.165) is 0 Å². The lowest BCUT2D eigenvalue weighted by molar-refractivity contribution is 0.0909. The maximum absolute atomic E-state index is 11.7. The van der Waals surface area contributed by atoms with E-state index in [4.69, 9.17) is 0 Å². The van der Waals surface area contributed by atoms with E-state index in [9.17, 15) is 4.79 Å². The molecule has 0 aliphatic heterocycles. The number of carbonyl (C=O) groups is 1. The van der Waals surface area contributed by atoms with Crippen LogP contribution in [0.25, 0.3) is 0 Å². The Labute approximate surface area is 94.2 Å². The Morgan fingerprint density at radius 2 is 2.19 bits per heavy atom. The molecule has 0 aromatic carbocycles. The van der Waals surface area contributed by atoms with E-state index in [1.54, 1.807) is 0 Å². The number of aromatic nitrogens is 4. The summed E-state index contributed by atoms with van der Waals surface area (Å²) in [5, 5.41) is 15.9. The first-order valence-corrected chi connectivity index (χ1v) is 5.81. The lowest BCUT2D eigenvalue weighted by atomic mass is 9.84. The van der Waals surface area contributed by atoms with Crippen molar-refractivity contribution in [3.63, 3.8) is 0 Å². The number of carbonyl (C=O) groups excluding carboxylic acids is 1. The normalized spacial score (nSPS) is 19.3. The molecule has 2 rings (SSSR count). The summed E-state index contributed by atoms with van der Waals surface area (Å²) in [6.07, 6.45) is 6.27. The van der Waals surface area contributed by atoms with Crippen LogP contribution in [0, 0.1) is 5.92 Å². The summed E-state index contributed by atoms with van der Waals surface area (Å²) in [6, 6.07) is 0.186. The molecule has 1 saturated carbocycles. The van der Waals surface area contributed by atoms with E-state index in [1.165, 1.54) is 32.1 Å². The molecule has 1 unspecified atom stereocenters. The van der Waals surface area contributed by atoms with Gasteiger partial charge in [0.15, 0.2) is 0 Å². The van der Waals surface area contributed by atoms with Gasteiger partial charge in [0.05, 0.1) is 0 Å². The highest BCUT2D eigenvalue weighted by molar-refractivity contribution is 5.90. The fraction of sp³-hybridized carbons (Fsp3) is 0.800. The number of nitrogens with zero attached hydrogens (tertiary/aromatic N) is 3. The third kappa shape index (κ3) is 2.56. The number of aromatic amines is 1. The zero-order valence-electron chi connectivity index (χ0n) is 9.44. The molecule has 1 amide bonds. The van der Waals surface area contributed by atoms with Crippen molar-refractivity contribution in [3.05, 3.63) is 5.82 Å². The highest BCUT2D eigenvalue weighted by Crippen LogP contribution is 2.26. The van der Waals surface area contributed by atoms with Gasteiger partial charge >= 0.3 is 0 Å². The molecule has 2 N–H and O–H groups in total. The first-order valence-electron chi connectivity index (χ1n) is 5.81. The molecule has 1 aliphatic carbocycles. The molecule has 1 heterocycles. The van der Waals surface area contributed by atoms with E-state index < -0.39 is 0 Å².